The maximum absolute atomic E-state index is 12.6. The largest absolute Gasteiger partial charge is 0.397 e. The molecule has 4 nitrogen and oxygen atoms in total. The van der Waals surface area contributed by atoms with Crippen LogP contribution in [0.1, 0.15) is 26.2 Å². The van der Waals surface area contributed by atoms with Gasteiger partial charge in [0.2, 0.25) is 5.91 Å². The lowest BCUT2D eigenvalue weighted by Gasteiger charge is -2.38. The summed E-state index contributed by atoms with van der Waals surface area (Å²) in [5.41, 5.74) is 7.96. The Hall–Kier alpha value is -1.71. The molecule has 0 aromatic heterocycles. The van der Waals surface area contributed by atoms with Crippen molar-refractivity contribution in [2.45, 2.75) is 26.2 Å². The van der Waals surface area contributed by atoms with E-state index in [0.717, 1.165) is 44.0 Å². The van der Waals surface area contributed by atoms with Crippen molar-refractivity contribution in [2.24, 2.45) is 11.8 Å². The highest BCUT2D eigenvalue weighted by atomic mass is 16.2. The van der Waals surface area contributed by atoms with Crippen LogP contribution in [-0.2, 0) is 4.79 Å². The van der Waals surface area contributed by atoms with Crippen LogP contribution in [0.15, 0.2) is 24.3 Å². The third-order valence-electron chi connectivity index (χ3n) is 5.05. The van der Waals surface area contributed by atoms with Gasteiger partial charge in [0.15, 0.2) is 0 Å². The maximum atomic E-state index is 12.6. The Morgan fingerprint density at radius 3 is 2.48 bits per heavy atom. The van der Waals surface area contributed by atoms with Gasteiger partial charge in [-0.1, -0.05) is 25.5 Å². The van der Waals surface area contributed by atoms with E-state index in [1.807, 2.05) is 18.2 Å². The zero-order valence-corrected chi connectivity index (χ0v) is 12.8. The predicted molar refractivity (Wildman–Crippen MR) is 86.2 cm³/mol. The number of para-hydroxylation sites is 2. The average Bonchev–Trinajstić information content (AvgIpc) is 2.93. The zero-order valence-electron chi connectivity index (χ0n) is 12.8. The molecule has 1 amide bonds. The van der Waals surface area contributed by atoms with Crippen LogP contribution >= 0.6 is 0 Å². The van der Waals surface area contributed by atoms with Crippen LogP contribution in [0, 0.1) is 11.8 Å². The van der Waals surface area contributed by atoms with Gasteiger partial charge in [-0.25, -0.2) is 0 Å². The number of hydrogen-bond donors (Lipinski definition) is 1. The molecule has 114 valence electrons. The van der Waals surface area contributed by atoms with Crippen molar-refractivity contribution in [1.29, 1.82) is 0 Å². The summed E-state index contributed by atoms with van der Waals surface area (Å²) in [5, 5.41) is 0. The van der Waals surface area contributed by atoms with Gasteiger partial charge in [-0.05, 0) is 30.9 Å². The Labute approximate surface area is 126 Å². The molecular formula is C17H25N3O. The minimum Gasteiger partial charge on any atom is -0.397 e. The fourth-order valence-corrected chi connectivity index (χ4v) is 3.69. The topological polar surface area (TPSA) is 49.6 Å². The SMILES string of the molecule is CC1CCCC1C(=O)N1CCN(c2ccccc2N)CC1. The minimum atomic E-state index is 0.262. The summed E-state index contributed by atoms with van der Waals surface area (Å²) >= 11 is 0. The van der Waals surface area contributed by atoms with Crippen LogP contribution in [0.5, 0.6) is 0 Å². The second-order valence-electron chi connectivity index (χ2n) is 6.39. The van der Waals surface area contributed by atoms with Gasteiger partial charge in [0.05, 0.1) is 11.4 Å². The summed E-state index contributed by atoms with van der Waals surface area (Å²) in [6.45, 7) is 5.60. The van der Waals surface area contributed by atoms with Crippen LogP contribution < -0.4 is 10.6 Å². The normalized spacial score (nSPS) is 26.1. The third kappa shape index (κ3) is 2.85. The molecule has 1 aromatic rings. The van der Waals surface area contributed by atoms with E-state index in [1.165, 1.54) is 12.8 Å². The van der Waals surface area contributed by atoms with Gasteiger partial charge in [0, 0.05) is 32.1 Å². The van der Waals surface area contributed by atoms with Crippen LogP contribution in [0.3, 0.4) is 0 Å². The van der Waals surface area contributed by atoms with Gasteiger partial charge in [-0.3, -0.25) is 4.79 Å². The lowest BCUT2D eigenvalue weighted by Crippen LogP contribution is -2.50. The van der Waals surface area contributed by atoms with E-state index in [9.17, 15) is 4.79 Å². The highest BCUT2D eigenvalue weighted by Crippen LogP contribution is 2.33. The first kappa shape index (κ1) is 14.2. The lowest BCUT2D eigenvalue weighted by molar-refractivity contribution is -0.136. The number of hydrogen-bond acceptors (Lipinski definition) is 3. The van der Waals surface area contributed by atoms with E-state index < -0.39 is 0 Å². The molecule has 2 unspecified atom stereocenters. The van der Waals surface area contributed by atoms with E-state index in [-0.39, 0.29) is 5.92 Å². The second kappa shape index (κ2) is 5.96. The maximum Gasteiger partial charge on any atom is 0.226 e. The molecule has 2 N–H and O–H groups in total. The first-order chi connectivity index (χ1) is 10.2. The Balaban J connectivity index is 1.60. The number of rotatable bonds is 2. The van der Waals surface area contributed by atoms with Gasteiger partial charge in [0.1, 0.15) is 0 Å². The summed E-state index contributed by atoms with van der Waals surface area (Å²) < 4.78 is 0. The van der Waals surface area contributed by atoms with Crippen molar-refractivity contribution < 1.29 is 4.79 Å². The standard InChI is InChI=1S/C17H25N3O/c1-13-5-4-6-14(13)17(21)20-11-9-19(10-12-20)16-8-3-2-7-15(16)18/h2-3,7-8,13-14H,4-6,9-12,18H2,1H3. The van der Waals surface area contributed by atoms with Crippen LogP contribution in [0.2, 0.25) is 0 Å². The zero-order chi connectivity index (χ0) is 14.8. The summed E-state index contributed by atoms with van der Waals surface area (Å²) in [6.07, 6.45) is 3.49. The van der Waals surface area contributed by atoms with Gasteiger partial charge in [-0.2, -0.15) is 0 Å². The number of nitrogens with zero attached hydrogens (tertiary/aromatic N) is 2. The molecule has 3 rings (SSSR count). The lowest BCUT2D eigenvalue weighted by atomic mass is 9.96. The molecule has 1 aliphatic carbocycles. The first-order valence-electron chi connectivity index (χ1n) is 8.05. The Kier molecular flexibility index (Phi) is 4.04. The molecule has 21 heavy (non-hydrogen) atoms. The van der Waals surface area contributed by atoms with Crippen molar-refractivity contribution >= 4 is 17.3 Å². The summed E-state index contributed by atoms with van der Waals surface area (Å²) in [4.78, 5) is 17.0. The number of amides is 1. The Morgan fingerprint density at radius 2 is 1.86 bits per heavy atom. The predicted octanol–water partition coefficient (Wildman–Crippen LogP) is 2.35. The number of carbonyl (C=O) groups excluding carboxylic acids is 1. The molecular weight excluding hydrogens is 262 g/mol. The Morgan fingerprint density at radius 1 is 1.14 bits per heavy atom. The van der Waals surface area contributed by atoms with E-state index in [4.69, 9.17) is 5.73 Å². The molecule has 1 heterocycles. The monoisotopic (exact) mass is 287 g/mol. The van der Waals surface area contributed by atoms with Gasteiger partial charge in [-0.15, -0.1) is 0 Å². The fraction of sp³-hybridized carbons (Fsp3) is 0.588. The fourth-order valence-electron chi connectivity index (χ4n) is 3.69. The van der Waals surface area contributed by atoms with Crippen molar-refractivity contribution in [2.75, 3.05) is 36.8 Å². The van der Waals surface area contributed by atoms with Crippen LogP contribution in [0.4, 0.5) is 11.4 Å². The summed E-state index contributed by atoms with van der Waals surface area (Å²) in [5.74, 6) is 1.19. The molecule has 4 heteroatoms. The number of nitrogens with two attached hydrogens (primary N) is 1. The van der Waals surface area contributed by atoms with E-state index in [0.29, 0.717) is 11.8 Å². The van der Waals surface area contributed by atoms with Crippen molar-refractivity contribution in [3.05, 3.63) is 24.3 Å². The van der Waals surface area contributed by atoms with Crippen LogP contribution in [0.25, 0.3) is 0 Å². The van der Waals surface area contributed by atoms with E-state index >= 15 is 0 Å². The average molecular weight is 287 g/mol. The quantitative estimate of drug-likeness (QED) is 0.850. The number of nitrogen functional groups attached to an aromatic ring is 1. The van der Waals surface area contributed by atoms with E-state index in [2.05, 4.69) is 22.8 Å². The molecule has 1 saturated heterocycles. The summed E-state index contributed by atoms with van der Waals surface area (Å²) in [7, 11) is 0. The highest BCUT2D eigenvalue weighted by molar-refractivity contribution is 5.80. The van der Waals surface area contributed by atoms with Gasteiger partial charge >= 0.3 is 0 Å². The molecule has 1 aromatic carbocycles. The number of anilines is 2. The number of piperazine rings is 1. The number of carbonyl (C=O) groups is 1. The minimum absolute atomic E-state index is 0.262. The molecule has 2 aliphatic rings. The molecule has 0 radical (unpaired) electrons. The van der Waals surface area contributed by atoms with Crippen molar-refractivity contribution in [3.8, 4) is 0 Å². The molecule has 1 aliphatic heterocycles. The third-order valence-corrected chi connectivity index (χ3v) is 5.05. The second-order valence-corrected chi connectivity index (χ2v) is 6.39. The molecule has 0 spiro atoms. The highest BCUT2D eigenvalue weighted by Gasteiger charge is 2.34. The molecule has 2 atom stereocenters. The first-order valence-corrected chi connectivity index (χ1v) is 8.05. The van der Waals surface area contributed by atoms with E-state index in [1.54, 1.807) is 0 Å². The molecule has 2 fully saturated rings. The van der Waals surface area contributed by atoms with Crippen LogP contribution in [-0.4, -0.2) is 37.0 Å². The molecule has 0 bridgehead atoms. The Bertz CT molecular complexity index is 509. The van der Waals surface area contributed by atoms with Crippen molar-refractivity contribution in [1.82, 2.24) is 4.90 Å². The van der Waals surface area contributed by atoms with Gasteiger partial charge in [0.25, 0.3) is 0 Å². The smallest absolute Gasteiger partial charge is 0.226 e. The summed E-state index contributed by atoms with van der Waals surface area (Å²) in [6, 6.07) is 7.97. The van der Waals surface area contributed by atoms with Crippen molar-refractivity contribution in [3.63, 3.8) is 0 Å². The van der Waals surface area contributed by atoms with Gasteiger partial charge < -0.3 is 15.5 Å². The number of benzene rings is 1. The molecule has 1 saturated carbocycles.